The Bertz CT molecular complexity index is 937. The number of nitrogens with one attached hydrogen (secondary N) is 1. The smallest absolute Gasteiger partial charge is 0.418 e. The van der Waals surface area contributed by atoms with Crippen LogP contribution in [0.2, 0.25) is 0 Å². The molecule has 2 aromatic carbocycles. The SMILES string of the molecule is CC(C)(C)OC(=O)n1ccc2cc(NCC(=O)c3ccccc3)ccc21. The maximum absolute atomic E-state index is 12.3. The molecule has 0 aliphatic rings. The van der Waals surface area contributed by atoms with Crippen LogP contribution in [-0.2, 0) is 4.74 Å². The Morgan fingerprint density at radius 2 is 1.77 bits per heavy atom. The second-order valence-electron chi connectivity index (χ2n) is 7.08. The fourth-order valence-corrected chi connectivity index (χ4v) is 2.63. The van der Waals surface area contributed by atoms with Gasteiger partial charge in [0.15, 0.2) is 5.78 Å². The summed E-state index contributed by atoms with van der Waals surface area (Å²) in [6.45, 7) is 5.72. The monoisotopic (exact) mass is 350 g/mol. The molecule has 0 radical (unpaired) electrons. The normalized spacial score (nSPS) is 11.3. The number of nitrogens with zero attached hydrogens (tertiary/aromatic N) is 1. The molecule has 0 atom stereocenters. The van der Waals surface area contributed by atoms with Crippen molar-refractivity contribution < 1.29 is 14.3 Å². The van der Waals surface area contributed by atoms with Crippen molar-refractivity contribution in [1.82, 2.24) is 4.57 Å². The van der Waals surface area contributed by atoms with E-state index in [2.05, 4.69) is 5.32 Å². The molecule has 5 heteroatoms. The molecule has 1 aromatic heterocycles. The summed E-state index contributed by atoms with van der Waals surface area (Å²) in [6, 6.07) is 16.6. The average Bonchev–Trinajstić information content (AvgIpc) is 3.02. The molecule has 1 heterocycles. The average molecular weight is 350 g/mol. The highest BCUT2D eigenvalue weighted by Crippen LogP contribution is 2.22. The van der Waals surface area contributed by atoms with Gasteiger partial charge in [0, 0.05) is 22.8 Å². The highest BCUT2D eigenvalue weighted by atomic mass is 16.6. The molecule has 0 bridgehead atoms. The van der Waals surface area contributed by atoms with Crippen LogP contribution >= 0.6 is 0 Å². The van der Waals surface area contributed by atoms with E-state index in [1.165, 1.54) is 4.57 Å². The third kappa shape index (κ3) is 4.11. The number of anilines is 1. The number of hydrogen-bond acceptors (Lipinski definition) is 4. The molecule has 5 nitrogen and oxygen atoms in total. The van der Waals surface area contributed by atoms with E-state index in [1.807, 2.05) is 63.2 Å². The summed E-state index contributed by atoms with van der Waals surface area (Å²) in [5.74, 6) is 0.0250. The summed E-state index contributed by atoms with van der Waals surface area (Å²) in [7, 11) is 0. The molecule has 134 valence electrons. The minimum Gasteiger partial charge on any atom is -0.443 e. The van der Waals surface area contributed by atoms with Crippen molar-refractivity contribution in [2.24, 2.45) is 0 Å². The van der Waals surface area contributed by atoms with Crippen LogP contribution < -0.4 is 5.32 Å². The molecule has 26 heavy (non-hydrogen) atoms. The predicted molar refractivity (Wildman–Crippen MR) is 103 cm³/mol. The van der Waals surface area contributed by atoms with Crippen LogP contribution in [0.1, 0.15) is 31.1 Å². The Kier molecular flexibility index (Phi) is 4.80. The van der Waals surface area contributed by atoms with Crippen molar-refractivity contribution >= 4 is 28.5 Å². The number of carbonyl (C=O) groups is 2. The first-order valence-electron chi connectivity index (χ1n) is 8.50. The van der Waals surface area contributed by atoms with Gasteiger partial charge in [-0.25, -0.2) is 4.79 Å². The number of ether oxygens (including phenoxy) is 1. The number of fused-ring (bicyclic) bond motifs is 1. The predicted octanol–water partition coefficient (Wildman–Crippen LogP) is 4.72. The van der Waals surface area contributed by atoms with Gasteiger partial charge in [0.25, 0.3) is 0 Å². The van der Waals surface area contributed by atoms with E-state index in [4.69, 9.17) is 4.74 Å². The van der Waals surface area contributed by atoms with Crippen molar-refractivity contribution in [1.29, 1.82) is 0 Å². The van der Waals surface area contributed by atoms with Gasteiger partial charge in [-0.3, -0.25) is 9.36 Å². The number of carbonyl (C=O) groups excluding carboxylic acids is 2. The first-order chi connectivity index (χ1) is 12.3. The van der Waals surface area contributed by atoms with Crippen LogP contribution in [0.25, 0.3) is 10.9 Å². The number of rotatable bonds is 4. The number of hydrogen-bond donors (Lipinski definition) is 1. The van der Waals surface area contributed by atoms with Crippen molar-refractivity contribution in [2.45, 2.75) is 26.4 Å². The molecule has 3 rings (SSSR count). The van der Waals surface area contributed by atoms with Crippen molar-refractivity contribution in [3.63, 3.8) is 0 Å². The van der Waals surface area contributed by atoms with Gasteiger partial charge in [-0.2, -0.15) is 0 Å². The Morgan fingerprint density at radius 3 is 2.46 bits per heavy atom. The summed E-state index contributed by atoms with van der Waals surface area (Å²) >= 11 is 0. The van der Waals surface area contributed by atoms with E-state index < -0.39 is 11.7 Å². The molecule has 0 unspecified atom stereocenters. The molecule has 0 amide bonds. The summed E-state index contributed by atoms with van der Waals surface area (Å²) in [5, 5.41) is 4.03. The minimum absolute atomic E-state index is 0.0250. The summed E-state index contributed by atoms with van der Waals surface area (Å²) in [5.41, 5.74) is 1.72. The molecule has 0 aliphatic heterocycles. The van der Waals surface area contributed by atoms with Gasteiger partial charge in [-0.05, 0) is 45.0 Å². The zero-order chi connectivity index (χ0) is 18.7. The highest BCUT2D eigenvalue weighted by molar-refractivity contribution is 5.99. The maximum atomic E-state index is 12.3. The number of aromatic nitrogens is 1. The van der Waals surface area contributed by atoms with Gasteiger partial charge in [-0.15, -0.1) is 0 Å². The highest BCUT2D eigenvalue weighted by Gasteiger charge is 2.19. The molecule has 1 N–H and O–H groups in total. The maximum Gasteiger partial charge on any atom is 0.418 e. The summed E-state index contributed by atoms with van der Waals surface area (Å²) in [4.78, 5) is 24.5. The zero-order valence-corrected chi connectivity index (χ0v) is 15.2. The number of benzene rings is 2. The van der Waals surface area contributed by atoms with Crippen LogP contribution in [-0.4, -0.2) is 28.6 Å². The molecular formula is C21H22N2O3. The lowest BCUT2D eigenvalue weighted by Crippen LogP contribution is -2.26. The van der Waals surface area contributed by atoms with Gasteiger partial charge in [0.1, 0.15) is 5.60 Å². The first-order valence-corrected chi connectivity index (χ1v) is 8.50. The topological polar surface area (TPSA) is 60.3 Å². The molecule has 3 aromatic rings. The largest absolute Gasteiger partial charge is 0.443 e. The van der Waals surface area contributed by atoms with E-state index >= 15 is 0 Å². The second kappa shape index (κ2) is 7.04. The lowest BCUT2D eigenvalue weighted by molar-refractivity contribution is 0.0544. The van der Waals surface area contributed by atoms with Gasteiger partial charge in [-0.1, -0.05) is 30.3 Å². The Balaban J connectivity index is 1.72. The molecule has 0 spiro atoms. The Hall–Kier alpha value is -3.08. The van der Waals surface area contributed by atoms with E-state index in [-0.39, 0.29) is 12.3 Å². The third-order valence-corrected chi connectivity index (χ3v) is 3.83. The molecule has 0 saturated carbocycles. The number of ketones is 1. The van der Waals surface area contributed by atoms with Gasteiger partial charge < -0.3 is 10.1 Å². The standard InChI is InChI=1S/C21H22N2O3/c1-21(2,3)26-20(25)23-12-11-16-13-17(9-10-18(16)23)22-14-19(24)15-7-5-4-6-8-15/h4-13,22H,14H2,1-3H3. The van der Waals surface area contributed by atoms with Crippen LogP contribution in [0.15, 0.2) is 60.8 Å². The van der Waals surface area contributed by atoms with Crippen molar-refractivity contribution in [3.8, 4) is 0 Å². The van der Waals surface area contributed by atoms with E-state index in [9.17, 15) is 9.59 Å². The van der Waals surface area contributed by atoms with Gasteiger partial charge in [0.2, 0.25) is 0 Å². The molecule has 0 aliphatic carbocycles. The van der Waals surface area contributed by atoms with E-state index in [1.54, 1.807) is 18.3 Å². The summed E-state index contributed by atoms with van der Waals surface area (Å²) in [6.07, 6.45) is 1.28. The van der Waals surface area contributed by atoms with Crippen molar-refractivity contribution in [2.75, 3.05) is 11.9 Å². The van der Waals surface area contributed by atoms with Crippen LogP contribution in [0.3, 0.4) is 0 Å². The molecular weight excluding hydrogens is 328 g/mol. The zero-order valence-electron chi connectivity index (χ0n) is 15.2. The third-order valence-electron chi connectivity index (χ3n) is 3.83. The van der Waals surface area contributed by atoms with Crippen LogP contribution in [0, 0.1) is 0 Å². The quantitative estimate of drug-likeness (QED) is 0.692. The Morgan fingerprint density at radius 1 is 1.04 bits per heavy atom. The second-order valence-corrected chi connectivity index (χ2v) is 7.08. The van der Waals surface area contributed by atoms with Crippen LogP contribution in [0.5, 0.6) is 0 Å². The van der Waals surface area contributed by atoms with E-state index in [0.717, 1.165) is 16.6 Å². The fraction of sp³-hybridized carbons (Fsp3) is 0.238. The van der Waals surface area contributed by atoms with Crippen LogP contribution in [0.4, 0.5) is 10.5 Å². The minimum atomic E-state index is -0.549. The molecule has 0 saturated heterocycles. The first kappa shape index (κ1) is 17.7. The summed E-state index contributed by atoms with van der Waals surface area (Å²) < 4.78 is 6.90. The lowest BCUT2D eigenvalue weighted by Gasteiger charge is -2.19. The van der Waals surface area contributed by atoms with Crippen molar-refractivity contribution in [3.05, 3.63) is 66.4 Å². The van der Waals surface area contributed by atoms with Gasteiger partial charge in [0.05, 0.1) is 12.1 Å². The van der Waals surface area contributed by atoms with E-state index in [0.29, 0.717) is 5.56 Å². The lowest BCUT2D eigenvalue weighted by atomic mass is 10.1. The fourth-order valence-electron chi connectivity index (χ4n) is 2.63. The number of Topliss-reactive ketones (excluding diaryl/α,β-unsaturated/α-hetero) is 1. The molecule has 0 fully saturated rings. The van der Waals surface area contributed by atoms with Gasteiger partial charge >= 0.3 is 6.09 Å². The Labute approximate surface area is 152 Å².